The van der Waals surface area contributed by atoms with Crippen LogP contribution >= 0.6 is 0 Å². The van der Waals surface area contributed by atoms with Crippen LogP contribution in [0, 0.1) is 0 Å². The van der Waals surface area contributed by atoms with Gasteiger partial charge in [-0.2, -0.15) is 13.2 Å². The van der Waals surface area contributed by atoms with E-state index in [2.05, 4.69) is 12.2 Å². The molecule has 1 aromatic rings. The molecule has 1 N–H and O–H groups in total. The summed E-state index contributed by atoms with van der Waals surface area (Å²) in [5.74, 6) is 0. The van der Waals surface area contributed by atoms with Crippen LogP contribution in [-0.4, -0.2) is 19.2 Å². The van der Waals surface area contributed by atoms with E-state index in [9.17, 15) is 13.2 Å². The first-order valence-electron chi connectivity index (χ1n) is 6.03. The van der Waals surface area contributed by atoms with Gasteiger partial charge in [-0.25, -0.2) is 0 Å². The van der Waals surface area contributed by atoms with E-state index in [0.717, 1.165) is 24.1 Å². The van der Waals surface area contributed by atoms with Gasteiger partial charge in [0.05, 0.1) is 18.3 Å². The lowest BCUT2D eigenvalue weighted by molar-refractivity contribution is -0.137. The lowest BCUT2D eigenvalue weighted by Crippen LogP contribution is -2.42. The van der Waals surface area contributed by atoms with E-state index in [4.69, 9.17) is 4.74 Å². The minimum atomic E-state index is -4.28. The molecular weight excluding hydrogens is 243 g/mol. The van der Waals surface area contributed by atoms with Crippen LogP contribution in [0.2, 0.25) is 0 Å². The second-order valence-electron chi connectivity index (χ2n) is 4.46. The van der Waals surface area contributed by atoms with E-state index < -0.39 is 11.7 Å². The number of alkyl halides is 3. The normalized spacial score (nSPS) is 25.1. The Kier molecular flexibility index (Phi) is 3.92. The van der Waals surface area contributed by atoms with Crippen molar-refractivity contribution in [2.75, 3.05) is 13.2 Å². The zero-order valence-corrected chi connectivity index (χ0v) is 10.1. The lowest BCUT2D eigenvalue weighted by Gasteiger charge is -2.30. The van der Waals surface area contributed by atoms with Crippen molar-refractivity contribution in [3.8, 4) is 0 Å². The fourth-order valence-corrected chi connectivity index (χ4v) is 1.99. The first-order chi connectivity index (χ1) is 8.50. The van der Waals surface area contributed by atoms with Gasteiger partial charge in [0.2, 0.25) is 0 Å². The van der Waals surface area contributed by atoms with Crippen LogP contribution in [0.5, 0.6) is 0 Å². The quantitative estimate of drug-likeness (QED) is 0.881. The van der Waals surface area contributed by atoms with Gasteiger partial charge >= 0.3 is 6.18 Å². The van der Waals surface area contributed by atoms with Gasteiger partial charge in [-0.3, -0.25) is 0 Å². The molecule has 0 amide bonds. The summed E-state index contributed by atoms with van der Waals surface area (Å²) in [5.41, 5.74) is 0.159. The molecule has 2 atom stereocenters. The molecule has 0 aliphatic carbocycles. The molecule has 1 aromatic carbocycles. The highest BCUT2D eigenvalue weighted by Gasteiger charge is 2.30. The molecule has 2 nitrogen and oxygen atoms in total. The van der Waals surface area contributed by atoms with Crippen molar-refractivity contribution >= 4 is 0 Å². The fourth-order valence-electron chi connectivity index (χ4n) is 1.99. The average Bonchev–Trinajstić information content (AvgIpc) is 2.38. The summed E-state index contributed by atoms with van der Waals surface area (Å²) in [5, 5.41) is 3.31. The Morgan fingerprint density at radius 1 is 1.28 bits per heavy atom. The molecule has 0 spiro atoms. The van der Waals surface area contributed by atoms with Gasteiger partial charge in [0.1, 0.15) is 0 Å². The standard InChI is InChI=1S/C13H16F3NO/c1-2-11-8-18-12(7-17-11)9-3-5-10(6-4-9)13(14,15)16/h3-6,11-12,17H,2,7-8H2,1H3. The maximum absolute atomic E-state index is 12.4. The van der Waals surface area contributed by atoms with Crippen molar-refractivity contribution < 1.29 is 17.9 Å². The fraction of sp³-hybridized carbons (Fsp3) is 0.538. The van der Waals surface area contributed by atoms with Gasteiger partial charge in [-0.1, -0.05) is 19.1 Å². The smallest absolute Gasteiger partial charge is 0.371 e. The first kappa shape index (κ1) is 13.4. The number of halogens is 3. The van der Waals surface area contributed by atoms with Crippen molar-refractivity contribution in [3.63, 3.8) is 0 Å². The molecule has 18 heavy (non-hydrogen) atoms. The molecule has 1 fully saturated rings. The Morgan fingerprint density at radius 3 is 2.39 bits per heavy atom. The Labute approximate surface area is 104 Å². The summed E-state index contributed by atoms with van der Waals surface area (Å²) in [7, 11) is 0. The molecule has 0 bridgehead atoms. The number of morpholine rings is 1. The lowest BCUT2D eigenvalue weighted by atomic mass is 10.0. The SMILES string of the molecule is CCC1COC(c2ccc(C(F)(F)F)cc2)CN1. The maximum Gasteiger partial charge on any atom is 0.416 e. The number of nitrogens with one attached hydrogen (secondary N) is 1. The molecule has 0 radical (unpaired) electrons. The highest BCUT2D eigenvalue weighted by Crippen LogP contribution is 2.30. The van der Waals surface area contributed by atoms with Crippen LogP contribution in [0.1, 0.15) is 30.6 Å². The summed E-state index contributed by atoms with van der Waals surface area (Å²) in [6.45, 7) is 3.31. The number of hydrogen-bond acceptors (Lipinski definition) is 2. The third kappa shape index (κ3) is 3.03. The van der Waals surface area contributed by atoms with Crippen LogP contribution in [0.15, 0.2) is 24.3 Å². The molecule has 2 unspecified atom stereocenters. The van der Waals surface area contributed by atoms with E-state index in [0.29, 0.717) is 19.2 Å². The zero-order chi connectivity index (χ0) is 13.2. The molecular formula is C13H16F3NO. The first-order valence-corrected chi connectivity index (χ1v) is 6.03. The van der Waals surface area contributed by atoms with Crippen molar-refractivity contribution in [2.24, 2.45) is 0 Å². The predicted molar refractivity (Wildman–Crippen MR) is 62.2 cm³/mol. The predicted octanol–water partition coefficient (Wildman–Crippen LogP) is 3.14. The van der Waals surface area contributed by atoms with E-state index in [1.807, 2.05) is 0 Å². The molecule has 0 saturated carbocycles. The van der Waals surface area contributed by atoms with Crippen molar-refractivity contribution in [2.45, 2.75) is 31.7 Å². The number of hydrogen-bond donors (Lipinski definition) is 1. The zero-order valence-electron chi connectivity index (χ0n) is 10.1. The van der Waals surface area contributed by atoms with E-state index in [1.165, 1.54) is 12.1 Å². The van der Waals surface area contributed by atoms with Crippen LogP contribution < -0.4 is 5.32 Å². The molecule has 100 valence electrons. The summed E-state index contributed by atoms with van der Waals surface area (Å²) < 4.78 is 42.9. The highest BCUT2D eigenvalue weighted by atomic mass is 19.4. The van der Waals surface area contributed by atoms with Gasteiger partial charge in [0.15, 0.2) is 0 Å². The topological polar surface area (TPSA) is 21.3 Å². The minimum Gasteiger partial charge on any atom is -0.371 e. The van der Waals surface area contributed by atoms with Gasteiger partial charge in [0.25, 0.3) is 0 Å². The summed E-state index contributed by atoms with van der Waals surface area (Å²) in [6.07, 6.45) is -3.45. The molecule has 1 aliphatic rings. The summed E-state index contributed by atoms with van der Waals surface area (Å²) >= 11 is 0. The Bertz CT molecular complexity index is 380. The Morgan fingerprint density at radius 2 is 1.94 bits per heavy atom. The second kappa shape index (κ2) is 5.28. The van der Waals surface area contributed by atoms with E-state index >= 15 is 0 Å². The van der Waals surface area contributed by atoms with Crippen molar-refractivity contribution in [3.05, 3.63) is 35.4 Å². The van der Waals surface area contributed by atoms with Crippen LogP contribution in [0.25, 0.3) is 0 Å². The number of benzene rings is 1. The molecule has 0 aromatic heterocycles. The van der Waals surface area contributed by atoms with Gasteiger partial charge in [-0.05, 0) is 24.1 Å². The van der Waals surface area contributed by atoms with Crippen LogP contribution in [0.4, 0.5) is 13.2 Å². The largest absolute Gasteiger partial charge is 0.416 e. The Hall–Kier alpha value is -1.07. The number of rotatable bonds is 2. The molecule has 1 aliphatic heterocycles. The average molecular weight is 259 g/mol. The molecule has 5 heteroatoms. The van der Waals surface area contributed by atoms with Crippen molar-refractivity contribution in [1.82, 2.24) is 5.32 Å². The molecule has 1 heterocycles. The molecule has 2 rings (SSSR count). The maximum atomic E-state index is 12.4. The third-order valence-electron chi connectivity index (χ3n) is 3.19. The molecule has 1 saturated heterocycles. The highest BCUT2D eigenvalue weighted by molar-refractivity contribution is 5.26. The Balaban J connectivity index is 2.02. The third-order valence-corrected chi connectivity index (χ3v) is 3.19. The van der Waals surface area contributed by atoms with Crippen molar-refractivity contribution in [1.29, 1.82) is 0 Å². The number of ether oxygens (including phenoxy) is 1. The van der Waals surface area contributed by atoms with Crippen LogP contribution in [0.3, 0.4) is 0 Å². The summed E-state index contributed by atoms with van der Waals surface area (Å²) in [4.78, 5) is 0. The van der Waals surface area contributed by atoms with E-state index in [-0.39, 0.29) is 6.10 Å². The van der Waals surface area contributed by atoms with Gasteiger partial charge in [-0.15, -0.1) is 0 Å². The van der Waals surface area contributed by atoms with Crippen LogP contribution in [-0.2, 0) is 10.9 Å². The summed E-state index contributed by atoms with van der Waals surface area (Å²) in [6, 6.07) is 5.52. The van der Waals surface area contributed by atoms with E-state index in [1.54, 1.807) is 0 Å². The minimum absolute atomic E-state index is 0.157. The monoisotopic (exact) mass is 259 g/mol. The van der Waals surface area contributed by atoms with Gasteiger partial charge in [0, 0.05) is 12.6 Å². The van der Waals surface area contributed by atoms with Gasteiger partial charge < -0.3 is 10.1 Å². The second-order valence-corrected chi connectivity index (χ2v) is 4.46.